The van der Waals surface area contributed by atoms with Crippen molar-refractivity contribution in [3.05, 3.63) is 41.7 Å². The zero-order valence-corrected chi connectivity index (χ0v) is 14.3. The molecule has 0 saturated carbocycles. The molecule has 0 N–H and O–H groups in total. The van der Waals surface area contributed by atoms with Crippen LogP contribution in [-0.4, -0.2) is 39.2 Å². The van der Waals surface area contributed by atoms with Gasteiger partial charge >= 0.3 is 0 Å². The van der Waals surface area contributed by atoms with Crippen LogP contribution in [0.1, 0.15) is 13.3 Å². The number of nitriles is 1. The molecule has 0 aliphatic heterocycles. The highest BCUT2D eigenvalue weighted by Gasteiger charge is 2.14. The van der Waals surface area contributed by atoms with Crippen LogP contribution in [0.15, 0.2) is 41.8 Å². The lowest BCUT2D eigenvalue weighted by Gasteiger charge is -2.19. The molecule has 5 nitrogen and oxygen atoms in total. The van der Waals surface area contributed by atoms with Gasteiger partial charge in [0.1, 0.15) is 0 Å². The monoisotopic (exact) mass is 348 g/mol. The predicted octanol–water partition coefficient (Wildman–Crippen LogP) is 3.38. The van der Waals surface area contributed by atoms with E-state index in [1.165, 1.54) is 11.8 Å². The van der Waals surface area contributed by atoms with Crippen molar-refractivity contribution in [2.24, 2.45) is 0 Å². The first-order valence-electron chi connectivity index (χ1n) is 7.22. The van der Waals surface area contributed by atoms with Crippen LogP contribution in [0.5, 0.6) is 0 Å². The number of hydrogen-bond acceptors (Lipinski definition) is 4. The summed E-state index contributed by atoms with van der Waals surface area (Å²) in [6, 6.07) is 9.53. The Balaban J connectivity index is 2.03. The number of thioether (sulfide) groups is 1. The fourth-order valence-electron chi connectivity index (χ4n) is 2.08. The number of rotatable bonds is 7. The summed E-state index contributed by atoms with van der Waals surface area (Å²) in [7, 11) is 0. The van der Waals surface area contributed by atoms with Crippen molar-refractivity contribution >= 4 is 29.3 Å². The summed E-state index contributed by atoms with van der Waals surface area (Å²) in [6.45, 7) is 2.98. The molecule has 2 rings (SSSR count). The number of hydrogen-bond donors (Lipinski definition) is 0. The Kier molecular flexibility index (Phi) is 6.51. The maximum absolute atomic E-state index is 12.2. The molecule has 1 aromatic heterocycles. The van der Waals surface area contributed by atoms with Crippen LogP contribution in [0.25, 0.3) is 5.69 Å². The minimum absolute atomic E-state index is 0.00777. The molecule has 1 aromatic carbocycles. The van der Waals surface area contributed by atoms with Gasteiger partial charge in [-0.05, 0) is 25.1 Å². The van der Waals surface area contributed by atoms with E-state index in [9.17, 15) is 4.79 Å². The first kappa shape index (κ1) is 17.4. The topological polar surface area (TPSA) is 61.9 Å². The number of benzene rings is 1. The molecule has 0 saturated heterocycles. The first-order valence-corrected chi connectivity index (χ1v) is 8.59. The van der Waals surface area contributed by atoms with Crippen molar-refractivity contribution in [2.75, 3.05) is 18.8 Å². The van der Waals surface area contributed by atoms with Gasteiger partial charge in [0.15, 0.2) is 5.16 Å². The second-order valence-electron chi connectivity index (χ2n) is 4.73. The summed E-state index contributed by atoms with van der Waals surface area (Å²) >= 11 is 7.40. The van der Waals surface area contributed by atoms with E-state index in [2.05, 4.69) is 11.1 Å². The molecule has 0 bridgehead atoms. The Morgan fingerprint density at radius 1 is 1.52 bits per heavy atom. The van der Waals surface area contributed by atoms with Gasteiger partial charge in [0.05, 0.1) is 18.2 Å². The van der Waals surface area contributed by atoms with E-state index >= 15 is 0 Å². The molecule has 0 radical (unpaired) electrons. The maximum Gasteiger partial charge on any atom is 0.233 e. The minimum Gasteiger partial charge on any atom is -0.341 e. The summed E-state index contributed by atoms with van der Waals surface area (Å²) in [6.07, 6.45) is 3.88. The zero-order chi connectivity index (χ0) is 16.7. The van der Waals surface area contributed by atoms with Crippen LogP contribution in [-0.2, 0) is 4.79 Å². The summed E-state index contributed by atoms with van der Waals surface area (Å²) in [5.41, 5.74) is 0.904. The number of halogens is 1. The lowest BCUT2D eigenvalue weighted by atomic mass is 10.3. The predicted molar refractivity (Wildman–Crippen MR) is 91.8 cm³/mol. The average molecular weight is 349 g/mol. The SMILES string of the molecule is CCN(CCC#N)C(=O)CSc1nccn1-c1cccc(Cl)c1. The highest BCUT2D eigenvalue weighted by molar-refractivity contribution is 7.99. The van der Waals surface area contributed by atoms with E-state index in [1.54, 1.807) is 11.1 Å². The van der Waals surface area contributed by atoms with Crippen molar-refractivity contribution in [2.45, 2.75) is 18.5 Å². The Morgan fingerprint density at radius 2 is 2.35 bits per heavy atom. The first-order chi connectivity index (χ1) is 11.2. The van der Waals surface area contributed by atoms with E-state index < -0.39 is 0 Å². The zero-order valence-electron chi connectivity index (χ0n) is 12.8. The molecule has 0 aliphatic carbocycles. The third kappa shape index (κ3) is 4.75. The van der Waals surface area contributed by atoms with Gasteiger partial charge in [-0.15, -0.1) is 0 Å². The van der Waals surface area contributed by atoms with Gasteiger partial charge in [0, 0.05) is 36.2 Å². The highest BCUT2D eigenvalue weighted by Crippen LogP contribution is 2.22. The fourth-order valence-corrected chi connectivity index (χ4v) is 3.14. The van der Waals surface area contributed by atoms with Gasteiger partial charge in [-0.3, -0.25) is 9.36 Å². The second-order valence-corrected chi connectivity index (χ2v) is 6.11. The molecule has 1 amide bonds. The van der Waals surface area contributed by atoms with Crippen LogP contribution in [0.3, 0.4) is 0 Å². The molecular formula is C16H17ClN4OS. The van der Waals surface area contributed by atoms with Crippen LogP contribution in [0.4, 0.5) is 0 Å². The lowest BCUT2D eigenvalue weighted by Crippen LogP contribution is -2.33. The fraction of sp³-hybridized carbons (Fsp3) is 0.312. The number of imidazole rings is 1. The third-order valence-electron chi connectivity index (χ3n) is 3.25. The Labute approximate surface area is 144 Å². The van der Waals surface area contributed by atoms with Gasteiger partial charge in [0.25, 0.3) is 0 Å². The summed E-state index contributed by atoms with van der Waals surface area (Å²) in [5, 5.41) is 10.0. The standard InChI is InChI=1S/C16H17ClN4OS/c1-2-20(9-4-7-18)15(22)12-23-16-19-8-10-21(16)14-6-3-5-13(17)11-14/h3,5-6,8,10-11H,2,4,9,12H2,1H3. The number of carbonyl (C=O) groups is 1. The van der Waals surface area contributed by atoms with Crippen molar-refractivity contribution in [3.8, 4) is 11.8 Å². The van der Waals surface area contributed by atoms with Crippen molar-refractivity contribution in [1.82, 2.24) is 14.5 Å². The van der Waals surface area contributed by atoms with Crippen LogP contribution >= 0.6 is 23.4 Å². The highest BCUT2D eigenvalue weighted by atomic mass is 35.5. The number of amides is 1. The Bertz CT molecular complexity index is 710. The molecule has 1 heterocycles. The lowest BCUT2D eigenvalue weighted by molar-refractivity contribution is -0.128. The average Bonchev–Trinajstić information content (AvgIpc) is 3.02. The van der Waals surface area contributed by atoms with Gasteiger partial charge in [-0.1, -0.05) is 29.4 Å². The molecule has 23 heavy (non-hydrogen) atoms. The van der Waals surface area contributed by atoms with Gasteiger partial charge in [0.2, 0.25) is 5.91 Å². The molecule has 0 spiro atoms. The minimum atomic E-state index is 0.00777. The second kappa shape index (κ2) is 8.61. The van der Waals surface area contributed by atoms with Crippen LogP contribution in [0, 0.1) is 11.3 Å². The molecule has 0 fully saturated rings. The maximum atomic E-state index is 12.2. The van der Waals surface area contributed by atoms with E-state index in [4.69, 9.17) is 16.9 Å². The smallest absolute Gasteiger partial charge is 0.233 e. The Hall–Kier alpha value is -1.97. The molecular weight excluding hydrogens is 332 g/mol. The molecule has 7 heteroatoms. The number of aromatic nitrogens is 2. The largest absolute Gasteiger partial charge is 0.341 e. The summed E-state index contributed by atoms with van der Waals surface area (Å²) in [5.74, 6) is 0.296. The van der Waals surface area contributed by atoms with Crippen molar-refractivity contribution in [3.63, 3.8) is 0 Å². The van der Waals surface area contributed by atoms with Gasteiger partial charge in [-0.25, -0.2) is 4.98 Å². The quantitative estimate of drug-likeness (QED) is 0.719. The Morgan fingerprint density at radius 3 is 3.04 bits per heavy atom. The summed E-state index contributed by atoms with van der Waals surface area (Å²) < 4.78 is 1.90. The number of carbonyl (C=O) groups excluding carboxylic acids is 1. The van der Waals surface area contributed by atoms with E-state index in [1.807, 2.05) is 42.0 Å². The summed E-state index contributed by atoms with van der Waals surface area (Å²) in [4.78, 5) is 18.2. The van der Waals surface area contributed by atoms with E-state index in [0.717, 1.165) is 10.8 Å². The van der Waals surface area contributed by atoms with Crippen LogP contribution < -0.4 is 0 Å². The molecule has 2 aromatic rings. The van der Waals surface area contributed by atoms with Gasteiger partial charge in [-0.2, -0.15) is 5.26 Å². The van der Waals surface area contributed by atoms with E-state index in [-0.39, 0.29) is 11.7 Å². The third-order valence-corrected chi connectivity index (χ3v) is 4.43. The molecule has 0 aliphatic rings. The van der Waals surface area contributed by atoms with Crippen molar-refractivity contribution < 1.29 is 4.79 Å². The van der Waals surface area contributed by atoms with Gasteiger partial charge < -0.3 is 4.90 Å². The molecule has 0 atom stereocenters. The number of nitrogens with zero attached hydrogens (tertiary/aromatic N) is 4. The van der Waals surface area contributed by atoms with E-state index in [0.29, 0.717) is 24.5 Å². The molecule has 0 unspecified atom stereocenters. The van der Waals surface area contributed by atoms with Crippen LogP contribution in [0.2, 0.25) is 5.02 Å². The van der Waals surface area contributed by atoms with Crippen molar-refractivity contribution in [1.29, 1.82) is 5.26 Å². The normalized spacial score (nSPS) is 10.3. The molecule has 120 valence electrons.